The zero-order chi connectivity index (χ0) is 12.1. The van der Waals surface area contributed by atoms with E-state index >= 15 is 0 Å². The van der Waals surface area contributed by atoms with E-state index in [2.05, 4.69) is 23.5 Å². The molecule has 1 N–H and O–H groups in total. The molecule has 16 heavy (non-hydrogen) atoms. The second-order valence-electron chi connectivity index (χ2n) is 3.65. The number of aromatic nitrogens is 1. The van der Waals surface area contributed by atoms with Crippen molar-refractivity contribution in [2.75, 3.05) is 11.9 Å². The lowest BCUT2D eigenvalue weighted by Crippen LogP contribution is -2.16. The molecule has 0 saturated heterocycles. The molecule has 0 fully saturated rings. The molecule has 0 aromatic carbocycles. The van der Waals surface area contributed by atoms with E-state index in [1.54, 1.807) is 6.92 Å². The number of aryl methyl sites for hydroxylation is 1. The minimum atomic E-state index is -0.292. The van der Waals surface area contributed by atoms with Crippen LogP contribution in [-0.2, 0) is 4.74 Å². The Balaban J connectivity index is 2.89. The van der Waals surface area contributed by atoms with Crippen LogP contribution in [0.4, 0.5) is 5.00 Å². The number of rotatable bonds is 5. The molecule has 1 atom stereocenters. The number of nitrogens with zero attached hydrogens (tertiary/aromatic N) is 1. The van der Waals surface area contributed by atoms with E-state index in [0.717, 1.165) is 17.1 Å². The molecule has 4 nitrogen and oxygen atoms in total. The number of ether oxygens (including phenoxy) is 1. The van der Waals surface area contributed by atoms with Gasteiger partial charge in [-0.1, -0.05) is 6.92 Å². The lowest BCUT2D eigenvalue weighted by Gasteiger charge is -2.12. The SMILES string of the molecule is CCOC(=O)c1c(C)nsc1NC(C)CC. The number of carbonyl (C=O) groups excluding carboxylic acids is 1. The first-order valence-electron chi connectivity index (χ1n) is 5.50. The smallest absolute Gasteiger partial charge is 0.343 e. The summed E-state index contributed by atoms with van der Waals surface area (Å²) in [7, 11) is 0. The third-order valence-electron chi connectivity index (χ3n) is 2.33. The fourth-order valence-corrected chi connectivity index (χ4v) is 2.13. The standard InChI is InChI=1S/C11H18N2O2S/c1-5-7(3)12-10-9(8(4)13-16-10)11(14)15-6-2/h7,12H,5-6H2,1-4H3. The topological polar surface area (TPSA) is 51.2 Å². The molecule has 0 radical (unpaired) electrons. The fourth-order valence-electron chi connectivity index (χ4n) is 1.24. The second kappa shape index (κ2) is 5.84. The van der Waals surface area contributed by atoms with Gasteiger partial charge in [-0.2, -0.15) is 4.37 Å². The van der Waals surface area contributed by atoms with Crippen LogP contribution in [0.15, 0.2) is 0 Å². The van der Waals surface area contributed by atoms with Crippen molar-refractivity contribution in [3.63, 3.8) is 0 Å². The molecule has 0 saturated carbocycles. The maximum atomic E-state index is 11.7. The van der Waals surface area contributed by atoms with Crippen LogP contribution in [0, 0.1) is 6.92 Å². The molecule has 5 heteroatoms. The molecule has 1 heterocycles. The van der Waals surface area contributed by atoms with Gasteiger partial charge in [0.05, 0.1) is 12.3 Å². The molecule has 1 unspecified atom stereocenters. The van der Waals surface area contributed by atoms with Crippen LogP contribution in [0.1, 0.15) is 43.2 Å². The number of hydrogen-bond acceptors (Lipinski definition) is 5. The van der Waals surface area contributed by atoms with Crippen LogP contribution in [0.2, 0.25) is 0 Å². The van der Waals surface area contributed by atoms with Crippen molar-refractivity contribution in [3.05, 3.63) is 11.3 Å². The highest BCUT2D eigenvalue weighted by Gasteiger charge is 2.20. The summed E-state index contributed by atoms with van der Waals surface area (Å²) in [6, 6.07) is 0.327. The highest BCUT2D eigenvalue weighted by atomic mass is 32.1. The fraction of sp³-hybridized carbons (Fsp3) is 0.636. The van der Waals surface area contributed by atoms with Crippen LogP contribution in [0.25, 0.3) is 0 Å². The maximum absolute atomic E-state index is 11.7. The summed E-state index contributed by atoms with van der Waals surface area (Å²) < 4.78 is 9.20. The van der Waals surface area contributed by atoms with Crippen LogP contribution in [0.3, 0.4) is 0 Å². The summed E-state index contributed by atoms with van der Waals surface area (Å²) in [5, 5.41) is 4.09. The van der Waals surface area contributed by atoms with E-state index in [-0.39, 0.29) is 5.97 Å². The normalized spacial score (nSPS) is 12.2. The Bertz CT molecular complexity index is 363. The van der Waals surface area contributed by atoms with Gasteiger partial charge >= 0.3 is 5.97 Å². The molecule has 90 valence electrons. The van der Waals surface area contributed by atoms with Gasteiger partial charge in [0.15, 0.2) is 0 Å². The molecule has 0 bridgehead atoms. The van der Waals surface area contributed by atoms with E-state index in [4.69, 9.17) is 4.74 Å². The summed E-state index contributed by atoms with van der Waals surface area (Å²) >= 11 is 1.31. The number of esters is 1. The lowest BCUT2D eigenvalue weighted by molar-refractivity contribution is 0.0527. The molecule has 0 aliphatic heterocycles. The first kappa shape index (κ1) is 13.0. The van der Waals surface area contributed by atoms with Gasteiger partial charge in [-0.15, -0.1) is 0 Å². The van der Waals surface area contributed by atoms with E-state index in [1.165, 1.54) is 11.5 Å². The molecule has 1 rings (SSSR count). The second-order valence-corrected chi connectivity index (χ2v) is 4.42. The quantitative estimate of drug-likeness (QED) is 0.807. The lowest BCUT2D eigenvalue weighted by atomic mass is 10.2. The zero-order valence-corrected chi connectivity index (χ0v) is 11.0. The summed E-state index contributed by atoms with van der Waals surface area (Å²) in [6.07, 6.45) is 0.999. The Labute approximate surface area is 100 Å². The molecule has 0 aliphatic rings. The number of hydrogen-bond donors (Lipinski definition) is 1. The minimum absolute atomic E-state index is 0.292. The molecule has 0 spiro atoms. The van der Waals surface area contributed by atoms with Gasteiger partial charge in [0.2, 0.25) is 0 Å². The Kier molecular flexibility index (Phi) is 4.73. The van der Waals surface area contributed by atoms with E-state index < -0.39 is 0 Å². The minimum Gasteiger partial charge on any atom is -0.462 e. The number of carbonyl (C=O) groups is 1. The Morgan fingerprint density at radius 3 is 2.81 bits per heavy atom. The Hall–Kier alpha value is -1.10. The van der Waals surface area contributed by atoms with Crippen molar-refractivity contribution >= 4 is 22.5 Å². The van der Waals surface area contributed by atoms with Crippen molar-refractivity contribution in [3.8, 4) is 0 Å². The zero-order valence-electron chi connectivity index (χ0n) is 10.2. The van der Waals surface area contributed by atoms with Crippen LogP contribution in [0.5, 0.6) is 0 Å². The predicted octanol–water partition coefficient (Wildman–Crippen LogP) is 2.84. The van der Waals surface area contributed by atoms with Gasteiger partial charge in [-0.25, -0.2) is 4.79 Å². The van der Waals surface area contributed by atoms with Gasteiger partial charge in [0.25, 0.3) is 0 Å². The molecule has 1 aromatic rings. The van der Waals surface area contributed by atoms with Crippen LogP contribution < -0.4 is 5.32 Å². The first-order valence-corrected chi connectivity index (χ1v) is 6.27. The third kappa shape index (κ3) is 2.95. The number of anilines is 1. The summed E-state index contributed by atoms with van der Waals surface area (Å²) in [6.45, 7) is 8.18. The van der Waals surface area contributed by atoms with E-state index in [9.17, 15) is 4.79 Å². The summed E-state index contributed by atoms with van der Waals surface area (Å²) in [5.41, 5.74) is 1.31. The van der Waals surface area contributed by atoms with Gasteiger partial charge in [-0.05, 0) is 38.7 Å². The van der Waals surface area contributed by atoms with Crippen molar-refractivity contribution in [2.45, 2.75) is 40.2 Å². The van der Waals surface area contributed by atoms with Gasteiger partial charge in [0, 0.05) is 6.04 Å². The van der Waals surface area contributed by atoms with Gasteiger partial charge in [0.1, 0.15) is 10.6 Å². The molecular weight excluding hydrogens is 224 g/mol. The van der Waals surface area contributed by atoms with Crippen molar-refractivity contribution < 1.29 is 9.53 Å². The molecule has 1 aromatic heterocycles. The molecule has 0 aliphatic carbocycles. The maximum Gasteiger partial charge on any atom is 0.343 e. The van der Waals surface area contributed by atoms with Crippen molar-refractivity contribution in [2.24, 2.45) is 0 Å². The molecular formula is C11H18N2O2S. The predicted molar refractivity (Wildman–Crippen MR) is 66.2 cm³/mol. The third-order valence-corrected chi connectivity index (χ3v) is 3.20. The van der Waals surface area contributed by atoms with Crippen LogP contribution >= 0.6 is 11.5 Å². The van der Waals surface area contributed by atoms with E-state index in [0.29, 0.717) is 18.2 Å². The number of nitrogens with one attached hydrogen (secondary N) is 1. The largest absolute Gasteiger partial charge is 0.462 e. The van der Waals surface area contributed by atoms with Gasteiger partial charge in [-0.3, -0.25) is 0 Å². The average Bonchev–Trinajstić information content (AvgIpc) is 2.60. The highest BCUT2D eigenvalue weighted by Crippen LogP contribution is 2.26. The van der Waals surface area contributed by atoms with E-state index in [1.807, 2.05) is 6.92 Å². The van der Waals surface area contributed by atoms with Crippen molar-refractivity contribution in [1.29, 1.82) is 0 Å². The monoisotopic (exact) mass is 242 g/mol. The highest BCUT2D eigenvalue weighted by molar-refractivity contribution is 7.10. The summed E-state index contributed by atoms with van der Waals surface area (Å²) in [4.78, 5) is 11.7. The van der Waals surface area contributed by atoms with Crippen LogP contribution in [-0.4, -0.2) is 23.0 Å². The average molecular weight is 242 g/mol. The van der Waals surface area contributed by atoms with Gasteiger partial charge < -0.3 is 10.1 Å². The van der Waals surface area contributed by atoms with Crippen molar-refractivity contribution in [1.82, 2.24) is 4.37 Å². The summed E-state index contributed by atoms with van der Waals surface area (Å²) in [5.74, 6) is -0.292. The Morgan fingerprint density at radius 2 is 2.25 bits per heavy atom. The first-order chi connectivity index (χ1) is 7.60. The Morgan fingerprint density at radius 1 is 1.56 bits per heavy atom. The molecule has 0 amide bonds.